The van der Waals surface area contributed by atoms with Crippen molar-refractivity contribution in [3.8, 4) is 5.75 Å². The van der Waals surface area contributed by atoms with E-state index in [1.807, 2.05) is 53.4 Å². The van der Waals surface area contributed by atoms with E-state index in [0.29, 0.717) is 23.7 Å². The summed E-state index contributed by atoms with van der Waals surface area (Å²) in [4.78, 5) is 26.7. The first-order valence-corrected chi connectivity index (χ1v) is 11.7. The highest BCUT2D eigenvalue weighted by molar-refractivity contribution is 6.02. The number of ether oxygens (including phenoxy) is 1. The summed E-state index contributed by atoms with van der Waals surface area (Å²) in [5.41, 5.74) is 3.75. The van der Waals surface area contributed by atoms with Gasteiger partial charge in [0, 0.05) is 19.2 Å². The summed E-state index contributed by atoms with van der Waals surface area (Å²) in [7, 11) is 0. The zero-order chi connectivity index (χ0) is 25.1. The Bertz CT molecular complexity index is 1380. The van der Waals surface area contributed by atoms with Gasteiger partial charge in [0.2, 0.25) is 5.91 Å². The van der Waals surface area contributed by atoms with Crippen LogP contribution in [0.5, 0.6) is 5.75 Å². The van der Waals surface area contributed by atoms with Gasteiger partial charge in [0.25, 0.3) is 5.91 Å². The van der Waals surface area contributed by atoms with Gasteiger partial charge in [0.05, 0.1) is 6.04 Å². The Balaban J connectivity index is 1.30. The molecule has 5 rings (SSSR count). The number of amides is 2. The minimum Gasteiger partial charge on any atom is -0.486 e. The Hall–Kier alpha value is -4.39. The summed E-state index contributed by atoms with van der Waals surface area (Å²) in [6.07, 6.45) is 0.781. The minimum atomic E-state index is -0.434. The van der Waals surface area contributed by atoms with Crippen molar-refractivity contribution in [2.75, 3.05) is 11.9 Å². The van der Waals surface area contributed by atoms with Gasteiger partial charge in [-0.2, -0.15) is 0 Å². The van der Waals surface area contributed by atoms with Crippen LogP contribution in [0.15, 0.2) is 89.3 Å². The average Bonchev–Trinajstić information content (AvgIpc) is 3.38. The Morgan fingerprint density at radius 2 is 1.81 bits per heavy atom. The molecule has 2 heterocycles. The minimum absolute atomic E-state index is 0.0304. The molecule has 182 valence electrons. The molecule has 2 amide bonds. The third kappa shape index (κ3) is 5.00. The van der Waals surface area contributed by atoms with E-state index in [2.05, 4.69) is 5.32 Å². The number of carbonyl (C=O) groups is 2. The number of carbonyl (C=O) groups excluding carboxylic acids is 2. The van der Waals surface area contributed by atoms with Crippen molar-refractivity contribution in [1.29, 1.82) is 0 Å². The van der Waals surface area contributed by atoms with Crippen LogP contribution in [0.25, 0.3) is 0 Å². The highest BCUT2D eigenvalue weighted by Gasteiger charge is 2.30. The Morgan fingerprint density at radius 3 is 2.56 bits per heavy atom. The molecule has 0 saturated heterocycles. The van der Waals surface area contributed by atoms with Crippen molar-refractivity contribution in [2.24, 2.45) is 0 Å². The smallest absolute Gasteiger partial charge is 0.291 e. The van der Waals surface area contributed by atoms with Gasteiger partial charge in [-0.25, -0.2) is 4.39 Å². The van der Waals surface area contributed by atoms with Crippen LogP contribution >= 0.6 is 0 Å². The maximum absolute atomic E-state index is 13.1. The molecule has 0 radical (unpaired) electrons. The number of hydrogen-bond acceptors (Lipinski definition) is 4. The lowest BCUT2D eigenvalue weighted by Gasteiger charge is -2.37. The number of furan rings is 1. The summed E-state index contributed by atoms with van der Waals surface area (Å²) in [6, 6.07) is 24.5. The summed E-state index contributed by atoms with van der Waals surface area (Å²) >= 11 is 0. The van der Waals surface area contributed by atoms with Gasteiger partial charge >= 0.3 is 0 Å². The number of halogens is 1. The standard InChI is InChI=1S/C29H25FN2O4/c1-19(33)32-16-15-20-7-12-24(17-26(20)28(32)21-5-3-2-4-6-21)35-18-25-13-14-27(36-25)29(34)31-23-10-8-22(30)9-11-23/h2-14,17,28H,15-16,18H2,1H3,(H,31,34)/t28-/m0/s1. The van der Waals surface area contributed by atoms with Crippen molar-refractivity contribution in [3.05, 3.63) is 119 Å². The van der Waals surface area contributed by atoms with Crippen LogP contribution in [0.4, 0.5) is 10.1 Å². The van der Waals surface area contributed by atoms with Crippen molar-refractivity contribution in [1.82, 2.24) is 4.90 Å². The second kappa shape index (κ2) is 10.1. The van der Waals surface area contributed by atoms with Crippen LogP contribution in [0.1, 0.15) is 46.0 Å². The highest BCUT2D eigenvalue weighted by atomic mass is 19.1. The second-order valence-corrected chi connectivity index (χ2v) is 8.65. The molecule has 0 aliphatic carbocycles. The molecule has 0 spiro atoms. The lowest BCUT2D eigenvalue weighted by atomic mass is 9.88. The maximum Gasteiger partial charge on any atom is 0.291 e. The van der Waals surface area contributed by atoms with Crippen LogP contribution in [0.2, 0.25) is 0 Å². The lowest BCUT2D eigenvalue weighted by Crippen LogP contribution is -2.39. The molecular weight excluding hydrogens is 459 g/mol. The van der Waals surface area contributed by atoms with Crippen molar-refractivity contribution < 1.29 is 23.1 Å². The first-order valence-electron chi connectivity index (χ1n) is 11.7. The van der Waals surface area contributed by atoms with Gasteiger partial charge in [-0.05, 0) is 71.6 Å². The van der Waals surface area contributed by atoms with E-state index < -0.39 is 5.91 Å². The summed E-state index contributed by atoms with van der Waals surface area (Å²) in [5, 5.41) is 2.67. The monoisotopic (exact) mass is 484 g/mol. The molecular formula is C29H25FN2O4. The van der Waals surface area contributed by atoms with Crippen LogP contribution in [0, 0.1) is 5.82 Å². The van der Waals surface area contributed by atoms with Gasteiger partial charge in [-0.15, -0.1) is 0 Å². The predicted molar refractivity (Wildman–Crippen MR) is 133 cm³/mol. The first kappa shape index (κ1) is 23.4. The summed E-state index contributed by atoms with van der Waals surface area (Å²) < 4.78 is 24.7. The normalized spacial score (nSPS) is 14.7. The number of hydrogen-bond donors (Lipinski definition) is 1. The quantitative estimate of drug-likeness (QED) is 0.379. The second-order valence-electron chi connectivity index (χ2n) is 8.65. The van der Waals surface area contributed by atoms with Gasteiger partial charge in [0.15, 0.2) is 5.76 Å². The van der Waals surface area contributed by atoms with E-state index >= 15 is 0 Å². The molecule has 1 aliphatic rings. The third-order valence-electron chi connectivity index (χ3n) is 6.23. The number of rotatable bonds is 6. The Labute approximate surface area is 208 Å². The summed E-state index contributed by atoms with van der Waals surface area (Å²) in [6.45, 7) is 2.40. The molecule has 1 atom stereocenters. The van der Waals surface area contributed by atoms with E-state index in [0.717, 1.165) is 17.5 Å². The number of anilines is 1. The van der Waals surface area contributed by atoms with Crippen molar-refractivity contribution in [2.45, 2.75) is 26.0 Å². The molecule has 6 nitrogen and oxygen atoms in total. The number of fused-ring (bicyclic) bond motifs is 1. The summed E-state index contributed by atoms with van der Waals surface area (Å²) in [5.74, 6) is 0.483. The Morgan fingerprint density at radius 1 is 1.03 bits per heavy atom. The van der Waals surface area contributed by atoms with E-state index in [1.165, 1.54) is 29.8 Å². The number of nitrogens with one attached hydrogen (secondary N) is 1. The van der Waals surface area contributed by atoms with Crippen molar-refractivity contribution in [3.63, 3.8) is 0 Å². The van der Waals surface area contributed by atoms with E-state index in [4.69, 9.17) is 9.15 Å². The molecule has 1 N–H and O–H groups in total. The van der Waals surface area contributed by atoms with E-state index in [1.54, 1.807) is 19.1 Å². The molecule has 4 aromatic rings. The van der Waals surface area contributed by atoms with Crippen LogP contribution in [-0.2, 0) is 17.8 Å². The first-order chi connectivity index (χ1) is 17.5. The third-order valence-corrected chi connectivity index (χ3v) is 6.23. The van der Waals surface area contributed by atoms with E-state index in [-0.39, 0.29) is 30.1 Å². The molecule has 7 heteroatoms. The predicted octanol–water partition coefficient (Wildman–Crippen LogP) is 5.74. The molecule has 1 aliphatic heterocycles. The maximum atomic E-state index is 13.1. The molecule has 0 saturated carbocycles. The molecule has 36 heavy (non-hydrogen) atoms. The fourth-order valence-corrected chi connectivity index (χ4v) is 4.47. The molecule has 0 fully saturated rings. The Kier molecular flexibility index (Phi) is 6.54. The number of benzene rings is 3. The van der Waals surface area contributed by atoms with Crippen LogP contribution in [0.3, 0.4) is 0 Å². The topological polar surface area (TPSA) is 71.8 Å². The SMILES string of the molecule is CC(=O)N1CCc2ccc(OCc3ccc(C(=O)Nc4ccc(F)cc4)o3)cc2[C@@H]1c1ccccc1. The van der Waals surface area contributed by atoms with Gasteiger partial charge in [-0.3, -0.25) is 9.59 Å². The van der Waals surface area contributed by atoms with Crippen LogP contribution in [-0.4, -0.2) is 23.3 Å². The number of nitrogens with zero attached hydrogens (tertiary/aromatic N) is 1. The lowest BCUT2D eigenvalue weighted by molar-refractivity contribution is -0.130. The van der Waals surface area contributed by atoms with Gasteiger partial charge in [0.1, 0.15) is 23.9 Å². The molecule has 3 aromatic carbocycles. The highest BCUT2D eigenvalue weighted by Crippen LogP contribution is 2.37. The fourth-order valence-electron chi connectivity index (χ4n) is 4.47. The van der Waals surface area contributed by atoms with Gasteiger partial charge < -0.3 is 19.4 Å². The molecule has 0 bridgehead atoms. The largest absolute Gasteiger partial charge is 0.486 e. The van der Waals surface area contributed by atoms with Gasteiger partial charge in [-0.1, -0.05) is 36.4 Å². The fraction of sp³-hybridized carbons (Fsp3) is 0.172. The van der Waals surface area contributed by atoms with Crippen molar-refractivity contribution >= 4 is 17.5 Å². The zero-order valence-corrected chi connectivity index (χ0v) is 19.7. The zero-order valence-electron chi connectivity index (χ0n) is 19.7. The molecule has 1 aromatic heterocycles. The molecule has 0 unspecified atom stereocenters. The van der Waals surface area contributed by atoms with E-state index in [9.17, 15) is 14.0 Å². The average molecular weight is 485 g/mol. The van der Waals surface area contributed by atoms with Crippen LogP contribution < -0.4 is 10.1 Å².